The zero-order chi connectivity index (χ0) is 20.8. The predicted molar refractivity (Wildman–Crippen MR) is 108 cm³/mol. The number of rotatable bonds is 7. The summed E-state index contributed by atoms with van der Waals surface area (Å²) >= 11 is 0.698. The van der Waals surface area contributed by atoms with Gasteiger partial charge in [-0.3, -0.25) is 19.3 Å². The Bertz CT molecular complexity index is 949. The van der Waals surface area contributed by atoms with E-state index in [-0.39, 0.29) is 11.5 Å². The van der Waals surface area contributed by atoms with E-state index in [1.165, 1.54) is 24.3 Å². The number of carbonyl (C=O) groups is 3. The van der Waals surface area contributed by atoms with Crippen LogP contribution in [0.15, 0.2) is 59.5 Å². The molecule has 0 saturated carbocycles. The van der Waals surface area contributed by atoms with Crippen LogP contribution in [-0.2, 0) is 16.0 Å². The standard InChI is InChI=1S/C21H19FN2O4S/c22-16-8-4-7-15(9-16)11-18-20(27)24(21(28)29-18)12-19(26)23-17(13-25)10-14-5-2-1-3-6-14/h1-9,11,17,25H,10,12-13H2,(H,23,26). The van der Waals surface area contributed by atoms with Gasteiger partial charge >= 0.3 is 0 Å². The topological polar surface area (TPSA) is 86.7 Å². The Balaban J connectivity index is 1.62. The molecule has 29 heavy (non-hydrogen) atoms. The van der Waals surface area contributed by atoms with E-state index in [4.69, 9.17) is 0 Å². The largest absolute Gasteiger partial charge is 0.394 e. The third-order valence-electron chi connectivity index (χ3n) is 4.23. The molecule has 2 aromatic carbocycles. The van der Waals surface area contributed by atoms with Crippen molar-refractivity contribution in [3.63, 3.8) is 0 Å². The minimum Gasteiger partial charge on any atom is -0.394 e. The number of benzene rings is 2. The van der Waals surface area contributed by atoms with Crippen molar-refractivity contribution in [3.05, 3.63) is 76.4 Å². The molecular weight excluding hydrogens is 395 g/mol. The maximum Gasteiger partial charge on any atom is 0.294 e. The average Bonchev–Trinajstić information content (AvgIpc) is 2.95. The lowest BCUT2D eigenvalue weighted by molar-refractivity contribution is -0.129. The molecular formula is C21H19FN2O4S. The number of imide groups is 1. The molecule has 8 heteroatoms. The third kappa shape index (κ3) is 5.52. The Kier molecular flexibility index (Phi) is 6.79. The van der Waals surface area contributed by atoms with Crippen LogP contribution in [0.2, 0.25) is 0 Å². The van der Waals surface area contributed by atoms with E-state index < -0.39 is 35.5 Å². The Morgan fingerprint density at radius 2 is 1.93 bits per heavy atom. The SMILES string of the molecule is O=C(CN1C(=O)SC(=Cc2cccc(F)c2)C1=O)NC(CO)Cc1ccccc1. The van der Waals surface area contributed by atoms with Gasteiger partial charge in [0, 0.05) is 0 Å². The van der Waals surface area contributed by atoms with Gasteiger partial charge in [0.2, 0.25) is 5.91 Å². The summed E-state index contributed by atoms with van der Waals surface area (Å²) in [4.78, 5) is 37.9. The third-order valence-corrected chi connectivity index (χ3v) is 5.14. The van der Waals surface area contributed by atoms with Gasteiger partial charge in [-0.05, 0) is 47.5 Å². The molecule has 2 aromatic rings. The van der Waals surface area contributed by atoms with E-state index >= 15 is 0 Å². The first-order valence-electron chi connectivity index (χ1n) is 8.91. The number of nitrogens with zero attached hydrogens (tertiary/aromatic N) is 1. The minimum absolute atomic E-state index is 0.122. The summed E-state index contributed by atoms with van der Waals surface area (Å²) in [6.07, 6.45) is 1.84. The number of halogens is 1. The molecule has 1 saturated heterocycles. The maximum atomic E-state index is 13.3. The highest BCUT2D eigenvalue weighted by molar-refractivity contribution is 8.18. The number of hydrogen-bond acceptors (Lipinski definition) is 5. The smallest absolute Gasteiger partial charge is 0.294 e. The van der Waals surface area contributed by atoms with E-state index in [0.717, 1.165) is 10.5 Å². The van der Waals surface area contributed by atoms with Crippen LogP contribution in [0.1, 0.15) is 11.1 Å². The normalized spacial score (nSPS) is 16.3. The van der Waals surface area contributed by atoms with E-state index in [1.807, 2.05) is 30.3 Å². The van der Waals surface area contributed by atoms with Crippen LogP contribution < -0.4 is 5.32 Å². The number of hydrogen-bond donors (Lipinski definition) is 2. The van der Waals surface area contributed by atoms with E-state index in [0.29, 0.717) is 23.7 Å². The fourth-order valence-electron chi connectivity index (χ4n) is 2.86. The summed E-state index contributed by atoms with van der Waals surface area (Å²) in [7, 11) is 0. The number of aliphatic hydroxyl groups is 1. The van der Waals surface area contributed by atoms with Crippen molar-refractivity contribution in [2.45, 2.75) is 12.5 Å². The predicted octanol–water partition coefficient (Wildman–Crippen LogP) is 2.58. The highest BCUT2D eigenvalue weighted by Gasteiger charge is 2.36. The molecule has 2 N–H and O–H groups in total. The van der Waals surface area contributed by atoms with Crippen molar-refractivity contribution < 1.29 is 23.9 Å². The molecule has 0 aliphatic carbocycles. The molecule has 3 rings (SSSR count). The molecule has 0 aromatic heterocycles. The molecule has 0 radical (unpaired) electrons. The highest BCUT2D eigenvalue weighted by atomic mass is 32.2. The number of carbonyl (C=O) groups excluding carboxylic acids is 3. The summed E-state index contributed by atoms with van der Waals surface area (Å²) < 4.78 is 13.3. The van der Waals surface area contributed by atoms with Gasteiger partial charge in [-0.15, -0.1) is 0 Å². The molecule has 1 heterocycles. The molecule has 6 nitrogen and oxygen atoms in total. The molecule has 3 amide bonds. The molecule has 0 bridgehead atoms. The van der Waals surface area contributed by atoms with Crippen molar-refractivity contribution in [3.8, 4) is 0 Å². The lowest BCUT2D eigenvalue weighted by Gasteiger charge is -2.18. The first-order chi connectivity index (χ1) is 14.0. The molecule has 1 fully saturated rings. The van der Waals surface area contributed by atoms with Crippen molar-refractivity contribution in [1.29, 1.82) is 0 Å². The first kappa shape index (κ1) is 20.8. The molecule has 1 aliphatic heterocycles. The molecule has 1 atom stereocenters. The van der Waals surface area contributed by atoms with E-state index in [2.05, 4.69) is 5.32 Å². The van der Waals surface area contributed by atoms with Gasteiger partial charge in [0.05, 0.1) is 17.6 Å². The monoisotopic (exact) mass is 414 g/mol. The Morgan fingerprint density at radius 1 is 1.17 bits per heavy atom. The Morgan fingerprint density at radius 3 is 2.62 bits per heavy atom. The summed E-state index contributed by atoms with van der Waals surface area (Å²) in [6.45, 7) is -0.724. The van der Waals surface area contributed by atoms with Crippen LogP contribution in [0.25, 0.3) is 6.08 Å². The highest BCUT2D eigenvalue weighted by Crippen LogP contribution is 2.32. The zero-order valence-electron chi connectivity index (χ0n) is 15.4. The van der Waals surface area contributed by atoms with Gasteiger partial charge in [-0.25, -0.2) is 4.39 Å². The fourth-order valence-corrected chi connectivity index (χ4v) is 3.70. The maximum absolute atomic E-state index is 13.3. The summed E-state index contributed by atoms with van der Waals surface area (Å²) in [6, 6.07) is 14.4. The lowest BCUT2D eigenvalue weighted by Crippen LogP contribution is -2.45. The van der Waals surface area contributed by atoms with Crippen molar-refractivity contribution in [1.82, 2.24) is 10.2 Å². The zero-order valence-corrected chi connectivity index (χ0v) is 16.2. The van der Waals surface area contributed by atoms with Crippen LogP contribution in [0, 0.1) is 5.82 Å². The molecule has 0 spiro atoms. The summed E-state index contributed by atoms with van der Waals surface area (Å²) in [5.74, 6) is -1.61. The Hall–Kier alpha value is -2.97. The Labute approximate surface area is 171 Å². The van der Waals surface area contributed by atoms with E-state index in [1.54, 1.807) is 6.07 Å². The molecule has 1 unspecified atom stereocenters. The van der Waals surface area contributed by atoms with Crippen LogP contribution in [-0.4, -0.2) is 46.3 Å². The molecule has 150 valence electrons. The van der Waals surface area contributed by atoms with Gasteiger partial charge < -0.3 is 10.4 Å². The number of aliphatic hydroxyl groups excluding tert-OH is 1. The van der Waals surface area contributed by atoms with Crippen LogP contribution >= 0.6 is 11.8 Å². The summed E-state index contributed by atoms with van der Waals surface area (Å²) in [5.41, 5.74) is 1.39. The van der Waals surface area contributed by atoms with Crippen molar-refractivity contribution >= 4 is 34.9 Å². The van der Waals surface area contributed by atoms with Gasteiger partial charge in [-0.2, -0.15) is 0 Å². The average molecular weight is 414 g/mol. The minimum atomic E-state index is -0.608. The van der Waals surface area contributed by atoms with Crippen LogP contribution in [0.3, 0.4) is 0 Å². The number of thioether (sulfide) groups is 1. The molecule has 1 aliphatic rings. The second-order valence-corrected chi connectivity index (χ2v) is 7.45. The second kappa shape index (κ2) is 9.49. The van der Waals surface area contributed by atoms with Gasteiger partial charge in [0.1, 0.15) is 12.4 Å². The fraction of sp³-hybridized carbons (Fsp3) is 0.190. The van der Waals surface area contributed by atoms with Crippen LogP contribution in [0.4, 0.5) is 9.18 Å². The van der Waals surface area contributed by atoms with Crippen molar-refractivity contribution in [2.75, 3.05) is 13.2 Å². The number of nitrogens with one attached hydrogen (secondary N) is 1. The number of amides is 3. The lowest BCUT2D eigenvalue weighted by atomic mass is 10.1. The quantitative estimate of drug-likeness (QED) is 0.680. The van der Waals surface area contributed by atoms with Gasteiger partial charge in [0.15, 0.2) is 0 Å². The first-order valence-corrected chi connectivity index (χ1v) is 9.73. The van der Waals surface area contributed by atoms with Crippen LogP contribution in [0.5, 0.6) is 0 Å². The van der Waals surface area contributed by atoms with Crippen molar-refractivity contribution in [2.24, 2.45) is 0 Å². The van der Waals surface area contributed by atoms with E-state index in [9.17, 15) is 23.9 Å². The van der Waals surface area contributed by atoms with Gasteiger partial charge in [-0.1, -0.05) is 42.5 Å². The second-order valence-electron chi connectivity index (χ2n) is 6.46. The van der Waals surface area contributed by atoms with Gasteiger partial charge in [0.25, 0.3) is 11.1 Å². The summed E-state index contributed by atoms with van der Waals surface area (Å²) in [5, 5.41) is 11.6.